The normalized spacial score (nSPS) is 11.0. The average Bonchev–Trinajstić information content (AvgIpc) is 2.98. The molecular weight excluding hydrogens is 302 g/mol. The average molecular weight is 323 g/mol. The number of ether oxygens (including phenoxy) is 1. The van der Waals surface area contributed by atoms with Crippen molar-refractivity contribution in [3.63, 3.8) is 0 Å². The number of aromatic nitrogens is 2. The lowest BCUT2D eigenvalue weighted by molar-refractivity contribution is -0.115. The first-order chi connectivity index (χ1) is 11.6. The first-order valence-corrected chi connectivity index (χ1v) is 7.97. The molecule has 0 aliphatic heterocycles. The first kappa shape index (κ1) is 16.1. The summed E-state index contributed by atoms with van der Waals surface area (Å²) < 4.78 is 7.37. The summed E-state index contributed by atoms with van der Waals surface area (Å²) in [7, 11) is 1.59. The Morgan fingerprint density at radius 1 is 1.25 bits per heavy atom. The van der Waals surface area contributed by atoms with Crippen LogP contribution in [0.2, 0.25) is 0 Å². The molecule has 124 valence electrons. The number of hydrogen-bond donors (Lipinski definition) is 1. The van der Waals surface area contributed by atoms with E-state index in [1.165, 1.54) is 0 Å². The lowest BCUT2D eigenvalue weighted by Gasteiger charge is -2.10. The molecule has 0 saturated heterocycles. The molecule has 1 N–H and O–H groups in total. The number of carbonyl (C=O) groups excluding carboxylic acids is 1. The number of benzene rings is 2. The summed E-state index contributed by atoms with van der Waals surface area (Å²) in [5.74, 6) is 0.569. The number of hydrogen-bond acceptors (Lipinski definition) is 3. The molecule has 5 nitrogen and oxygen atoms in total. The Balaban J connectivity index is 1.76. The minimum absolute atomic E-state index is 0.0813. The van der Waals surface area contributed by atoms with E-state index in [1.807, 2.05) is 48.8 Å². The standard InChI is InChI=1S/C19H21N3O2/c1-13(2)22-12-20-16-10-14(8-9-17(16)22)11-19(23)21-15-6-4-5-7-18(15)24-3/h4-10,12-13H,11H2,1-3H3,(H,21,23). The lowest BCUT2D eigenvalue weighted by atomic mass is 10.1. The topological polar surface area (TPSA) is 56.1 Å². The van der Waals surface area contributed by atoms with Gasteiger partial charge in [-0.3, -0.25) is 4.79 Å². The van der Waals surface area contributed by atoms with Gasteiger partial charge in [0.05, 0.1) is 36.6 Å². The quantitative estimate of drug-likeness (QED) is 0.777. The zero-order chi connectivity index (χ0) is 17.1. The zero-order valence-electron chi connectivity index (χ0n) is 14.1. The number of nitrogens with zero attached hydrogens (tertiary/aromatic N) is 2. The van der Waals surface area contributed by atoms with Gasteiger partial charge < -0.3 is 14.6 Å². The largest absolute Gasteiger partial charge is 0.495 e. The van der Waals surface area contributed by atoms with Crippen LogP contribution in [-0.2, 0) is 11.2 Å². The minimum atomic E-state index is -0.0813. The molecule has 0 atom stereocenters. The zero-order valence-corrected chi connectivity index (χ0v) is 14.1. The third-order valence-corrected chi connectivity index (χ3v) is 3.94. The van der Waals surface area contributed by atoms with Crippen LogP contribution in [0, 0.1) is 0 Å². The fraction of sp³-hybridized carbons (Fsp3) is 0.263. The number of imidazole rings is 1. The highest BCUT2D eigenvalue weighted by Gasteiger charge is 2.10. The summed E-state index contributed by atoms with van der Waals surface area (Å²) in [4.78, 5) is 16.7. The monoisotopic (exact) mass is 323 g/mol. The second-order valence-electron chi connectivity index (χ2n) is 5.99. The Bertz CT molecular complexity index is 868. The molecule has 3 rings (SSSR count). The molecule has 2 aromatic carbocycles. The van der Waals surface area contributed by atoms with Crippen molar-refractivity contribution in [2.75, 3.05) is 12.4 Å². The maximum Gasteiger partial charge on any atom is 0.228 e. The van der Waals surface area contributed by atoms with Crippen molar-refractivity contribution in [2.45, 2.75) is 26.3 Å². The van der Waals surface area contributed by atoms with Crippen LogP contribution in [0.15, 0.2) is 48.8 Å². The molecule has 0 aliphatic carbocycles. The van der Waals surface area contributed by atoms with Gasteiger partial charge in [-0.1, -0.05) is 18.2 Å². The van der Waals surface area contributed by atoms with Gasteiger partial charge in [0.1, 0.15) is 5.75 Å². The van der Waals surface area contributed by atoms with Crippen LogP contribution in [0.3, 0.4) is 0 Å². The van der Waals surface area contributed by atoms with E-state index in [4.69, 9.17) is 4.74 Å². The number of methoxy groups -OCH3 is 1. The van der Waals surface area contributed by atoms with Crippen LogP contribution in [-0.4, -0.2) is 22.6 Å². The molecule has 5 heteroatoms. The van der Waals surface area contributed by atoms with E-state index >= 15 is 0 Å². The van der Waals surface area contributed by atoms with Crippen molar-refractivity contribution < 1.29 is 9.53 Å². The molecule has 24 heavy (non-hydrogen) atoms. The molecule has 0 spiro atoms. The Hall–Kier alpha value is -2.82. The van der Waals surface area contributed by atoms with Crippen LogP contribution in [0.1, 0.15) is 25.5 Å². The van der Waals surface area contributed by atoms with Crippen molar-refractivity contribution >= 4 is 22.6 Å². The van der Waals surface area contributed by atoms with Crippen LogP contribution in [0.25, 0.3) is 11.0 Å². The third-order valence-electron chi connectivity index (χ3n) is 3.94. The van der Waals surface area contributed by atoms with Gasteiger partial charge in [0, 0.05) is 6.04 Å². The maximum atomic E-state index is 12.3. The number of para-hydroxylation sites is 2. The van der Waals surface area contributed by atoms with Gasteiger partial charge >= 0.3 is 0 Å². The van der Waals surface area contributed by atoms with Crippen LogP contribution in [0.5, 0.6) is 5.75 Å². The van der Waals surface area contributed by atoms with E-state index in [0.717, 1.165) is 16.6 Å². The predicted molar refractivity (Wildman–Crippen MR) is 95.4 cm³/mol. The highest BCUT2D eigenvalue weighted by molar-refractivity contribution is 5.94. The SMILES string of the molecule is COc1ccccc1NC(=O)Cc1ccc2c(c1)ncn2C(C)C. The minimum Gasteiger partial charge on any atom is -0.495 e. The van der Waals surface area contributed by atoms with E-state index in [-0.39, 0.29) is 5.91 Å². The molecule has 1 heterocycles. The molecular formula is C19H21N3O2. The molecule has 0 saturated carbocycles. The lowest BCUT2D eigenvalue weighted by Crippen LogP contribution is -2.15. The van der Waals surface area contributed by atoms with Crippen LogP contribution >= 0.6 is 0 Å². The van der Waals surface area contributed by atoms with Gasteiger partial charge in [0.2, 0.25) is 5.91 Å². The summed E-state index contributed by atoms with van der Waals surface area (Å²) in [5, 5.41) is 2.89. The fourth-order valence-electron chi connectivity index (χ4n) is 2.73. The van der Waals surface area contributed by atoms with E-state index < -0.39 is 0 Å². The summed E-state index contributed by atoms with van der Waals surface area (Å²) in [6.45, 7) is 4.24. The maximum absolute atomic E-state index is 12.3. The van der Waals surface area contributed by atoms with Crippen molar-refractivity contribution in [1.29, 1.82) is 0 Å². The van der Waals surface area contributed by atoms with Crippen molar-refractivity contribution in [2.24, 2.45) is 0 Å². The van der Waals surface area contributed by atoms with Crippen LogP contribution < -0.4 is 10.1 Å². The molecule has 1 aromatic heterocycles. The van der Waals surface area contributed by atoms with E-state index in [2.05, 4.69) is 28.7 Å². The highest BCUT2D eigenvalue weighted by atomic mass is 16.5. The number of fused-ring (bicyclic) bond motifs is 1. The Kier molecular flexibility index (Phi) is 4.51. The molecule has 1 amide bonds. The van der Waals surface area contributed by atoms with Gasteiger partial charge in [-0.2, -0.15) is 0 Å². The van der Waals surface area contributed by atoms with Crippen LogP contribution in [0.4, 0.5) is 5.69 Å². The highest BCUT2D eigenvalue weighted by Crippen LogP contribution is 2.23. The van der Waals surface area contributed by atoms with Gasteiger partial charge in [-0.25, -0.2) is 4.98 Å². The van der Waals surface area contributed by atoms with Crippen molar-refractivity contribution in [3.8, 4) is 5.75 Å². The van der Waals surface area contributed by atoms with Gasteiger partial charge in [-0.05, 0) is 43.7 Å². The number of anilines is 1. The molecule has 0 unspecified atom stereocenters. The second-order valence-corrected chi connectivity index (χ2v) is 5.99. The first-order valence-electron chi connectivity index (χ1n) is 7.97. The summed E-state index contributed by atoms with van der Waals surface area (Å²) in [6, 6.07) is 13.7. The van der Waals surface area contributed by atoms with E-state index in [1.54, 1.807) is 7.11 Å². The summed E-state index contributed by atoms with van der Waals surface area (Å²) in [5.41, 5.74) is 3.60. The Labute approximate surface area is 141 Å². The number of nitrogens with one attached hydrogen (secondary N) is 1. The predicted octanol–water partition coefficient (Wildman–Crippen LogP) is 3.81. The van der Waals surface area contributed by atoms with Gasteiger partial charge in [0.25, 0.3) is 0 Å². The van der Waals surface area contributed by atoms with Gasteiger partial charge in [-0.15, -0.1) is 0 Å². The number of amides is 1. The number of rotatable bonds is 5. The molecule has 0 aliphatic rings. The Morgan fingerprint density at radius 2 is 2.04 bits per heavy atom. The van der Waals surface area contributed by atoms with Crippen molar-refractivity contribution in [3.05, 3.63) is 54.4 Å². The molecule has 0 radical (unpaired) electrons. The van der Waals surface area contributed by atoms with E-state index in [9.17, 15) is 4.79 Å². The third kappa shape index (κ3) is 3.25. The smallest absolute Gasteiger partial charge is 0.228 e. The second kappa shape index (κ2) is 6.74. The number of carbonyl (C=O) groups is 1. The molecule has 0 fully saturated rings. The summed E-state index contributed by atoms with van der Waals surface area (Å²) in [6.07, 6.45) is 2.14. The molecule has 0 bridgehead atoms. The van der Waals surface area contributed by atoms with Crippen molar-refractivity contribution in [1.82, 2.24) is 9.55 Å². The van der Waals surface area contributed by atoms with E-state index in [0.29, 0.717) is 23.9 Å². The fourth-order valence-corrected chi connectivity index (χ4v) is 2.73. The van der Waals surface area contributed by atoms with Gasteiger partial charge in [0.15, 0.2) is 0 Å². The molecule has 3 aromatic rings. The Morgan fingerprint density at radius 3 is 2.79 bits per heavy atom. The summed E-state index contributed by atoms with van der Waals surface area (Å²) >= 11 is 0.